The smallest absolute Gasteiger partial charge is 0.240 e. The van der Waals surface area contributed by atoms with Crippen molar-refractivity contribution in [1.29, 1.82) is 0 Å². The third-order valence-electron chi connectivity index (χ3n) is 4.91. The fourth-order valence-electron chi connectivity index (χ4n) is 2.98. The highest BCUT2D eigenvalue weighted by Crippen LogP contribution is 2.26. The number of benzene rings is 1. The first-order chi connectivity index (χ1) is 11.4. The van der Waals surface area contributed by atoms with Crippen LogP contribution in [0.4, 0.5) is 5.69 Å². The average Bonchev–Trinajstić information content (AvgIpc) is 2.59. The maximum absolute atomic E-state index is 12.4. The summed E-state index contributed by atoms with van der Waals surface area (Å²) in [5.74, 6) is -0.0743. The minimum absolute atomic E-state index is 0. The van der Waals surface area contributed by atoms with Crippen LogP contribution in [0.5, 0.6) is 0 Å². The lowest BCUT2D eigenvalue weighted by molar-refractivity contribution is -0.127. The van der Waals surface area contributed by atoms with Crippen LogP contribution in [0.25, 0.3) is 0 Å². The number of halogens is 1. The van der Waals surface area contributed by atoms with E-state index in [2.05, 4.69) is 10.6 Å². The lowest BCUT2D eigenvalue weighted by atomic mass is 9.82. The maximum Gasteiger partial charge on any atom is 0.240 e. The first kappa shape index (κ1) is 21.5. The van der Waals surface area contributed by atoms with Gasteiger partial charge in [-0.25, -0.2) is 0 Å². The predicted octanol–water partition coefficient (Wildman–Crippen LogP) is 3.37. The van der Waals surface area contributed by atoms with Gasteiger partial charge in [0, 0.05) is 18.2 Å². The third-order valence-corrected chi connectivity index (χ3v) is 4.91. The molecule has 6 heteroatoms. The average molecular weight is 368 g/mol. The molecule has 1 saturated carbocycles. The quantitative estimate of drug-likeness (QED) is 0.720. The van der Waals surface area contributed by atoms with Gasteiger partial charge in [-0.2, -0.15) is 0 Å². The number of nitrogens with one attached hydrogen (secondary N) is 2. The Morgan fingerprint density at radius 1 is 1.24 bits per heavy atom. The van der Waals surface area contributed by atoms with Crippen molar-refractivity contribution in [1.82, 2.24) is 5.32 Å². The second-order valence-corrected chi connectivity index (χ2v) is 6.90. The summed E-state index contributed by atoms with van der Waals surface area (Å²) in [6, 6.07) is 7.57. The number of hydrogen-bond acceptors (Lipinski definition) is 3. The Kier molecular flexibility index (Phi) is 8.39. The van der Waals surface area contributed by atoms with Gasteiger partial charge in [-0.05, 0) is 37.0 Å². The molecule has 5 nitrogen and oxygen atoms in total. The molecule has 25 heavy (non-hydrogen) atoms. The number of amides is 2. The minimum Gasteiger partial charge on any atom is -0.350 e. The fourth-order valence-corrected chi connectivity index (χ4v) is 2.98. The van der Waals surface area contributed by atoms with E-state index in [-0.39, 0.29) is 30.1 Å². The lowest BCUT2D eigenvalue weighted by Crippen LogP contribution is -2.54. The fraction of sp³-hybridized carbons (Fsp3) is 0.579. The van der Waals surface area contributed by atoms with Crippen molar-refractivity contribution in [3.8, 4) is 0 Å². The number of carbonyl (C=O) groups excluding carboxylic acids is 2. The van der Waals surface area contributed by atoms with E-state index in [0.717, 1.165) is 49.8 Å². The van der Waals surface area contributed by atoms with Crippen molar-refractivity contribution in [3.63, 3.8) is 0 Å². The summed E-state index contributed by atoms with van der Waals surface area (Å²) < 4.78 is 0. The number of nitrogens with two attached hydrogens (primary N) is 1. The predicted molar refractivity (Wildman–Crippen MR) is 104 cm³/mol. The summed E-state index contributed by atoms with van der Waals surface area (Å²) in [6.07, 6.45) is 5.50. The van der Waals surface area contributed by atoms with Gasteiger partial charge in [0.2, 0.25) is 11.8 Å². The Bertz CT molecular complexity index is 586. The summed E-state index contributed by atoms with van der Waals surface area (Å²) in [5.41, 5.74) is 7.23. The highest BCUT2D eigenvalue weighted by Gasteiger charge is 2.34. The second kappa shape index (κ2) is 9.78. The first-order valence-electron chi connectivity index (χ1n) is 8.91. The van der Waals surface area contributed by atoms with Crippen molar-refractivity contribution < 1.29 is 9.59 Å². The monoisotopic (exact) mass is 367 g/mol. The van der Waals surface area contributed by atoms with Gasteiger partial charge < -0.3 is 16.4 Å². The Morgan fingerprint density at radius 3 is 2.56 bits per heavy atom. The van der Waals surface area contributed by atoms with Gasteiger partial charge in [0.1, 0.15) is 0 Å². The molecule has 0 aromatic heterocycles. The van der Waals surface area contributed by atoms with E-state index < -0.39 is 5.54 Å². The van der Waals surface area contributed by atoms with Crippen molar-refractivity contribution in [2.24, 2.45) is 11.7 Å². The van der Waals surface area contributed by atoms with Gasteiger partial charge in [0.25, 0.3) is 0 Å². The zero-order valence-electron chi connectivity index (χ0n) is 15.1. The van der Waals surface area contributed by atoms with E-state index in [0.29, 0.717) is 6.54 Å². The molecule has 1 aromatic carbocycles. The van der Waals surface area contributed by atoms with Crippen LogP contribution in [0, 0.1) is 5.92 Å². The van der Waals surface area contributed by atoms with Crippen LogP contribution in [-0.4, -0.2) is 17.4 Å². The second-order valence-electron chi connectivity index (χ2n) is 6.90. The van der Waals surface area contributed by atoms with Crippen molar-refractivity contribution >= 4 is 29.9 Å². The number of anilines is 1. The van der Waals surface area contributed by atoms with E-state index in [4.69, 9.17) is 5.73 Å². The SMILES string of the molecule is CCC(C)C(=O)Nc1cccc(CNC(=O)C2(N)CCCCC2)c1.Cl. The number of rotatable bonds is 6. The molecule has 0 aliphatic heterocycles. The zero-order chi connectivity index (χ0) is 17.6. The molecule has 140 valence electrons. The van der Waals surface area contributed by atoms with Gasteiger partial charge in [0.05, 0.1) is 5.54 Å². The van der Waals surface area contributed by atoms with Crippen molar-refractivity contribution in [2.75, 3.05) is 5.32 Å². The number of hydrogen-bond donors (Lipinski definition) is 3. The Balaban J connectivity index is 0.00000312. The molecule has 0 bridgehead atoms. The Morgan fingerprint density at radius 2 is 1.92 bits per heavy atom. The van der Waals surface area contributed by atoms with Gasteiger partial charge in [-0.15, -0.1) is 12.4 Å². The van der Waals surface area contributed by atoms with E-state index >= 15 is 0 Å². The molecule has 0 heterocycles. The van der Waals surface area contributed by atoms with E-state index in [1.807, 2.05) is 38.1 Å². The highest BCUT2D eigenvalue weighted by molar-refractivity contribution is 5.92. The van der Waals surface area contributed by atoms with Gasteiger partial charge in [-0.1, -0.05) is 45.2 Å². The molecule has 0 saturated heterocycles. The van der Waals surface area contributed by atoms with Crippen LogP contribution < -0.4 is 16.4 Å². The topological polar surface area (TPSA) is 84.2 Å². The van der Waals surface area contributed by atoms with Crippen molar-refractivity contribution in [3.05, 3.63) is 29.8 Å². The van der Waals surface area contributed by atoms with E-state index in [1.54, 1.807) is 0 Å². The molecule has 1 aliphatic rings. The molecule has 4 N–H and O–H groups in total. The minimum atomic E-state index is -0.722. The third kappa shape index (κ3) is 6.01. The van der Waals surface area contributed by atoms with Crippen molar-refractivity contribution in [2.45, 2.75) is 64.5 Å². The van der Waals surface area contributed by atoms with Gasteiger partial charge >= 0.3 is 0 Å². The van der Waals surface area contributed by atoms with E-state index in [9.17, 15) is 9.59 Å². The largest absolute Gasteiger partial charge is 0.350 e. The molecule has 2 amide bonds. The molecule has 0 radical (unpaired) electrons. The molecule has 1 aliphatic carbocycles. The molecule has 2 rings (SSSR count). The highest BCUT2D eigenvalue weighted by atomic mass is 35.5. The van der Waals surface area contributed by atoms with Gasteiger partial charge in [-0.3, -0.25) is 9.59 Å². The standard InChI is InChI=1S/C19H29N3O2.ClH/c1-3-14(2)17(23)22-16-9-7-8-15(12-16)13-21-18(24)19(20)10-5-4-6-11-19;/h7-9,12,14H,3-6,10-11,13,20H2,1-2H3,(H,21,24)(H,22,23);1H. The maximum atomic E-state index is 12.4. The first-order valence-corrected chi connectivity index (χ1v) is 8.91. The summed E-state index contributed by atoms with van der Waals surface area (Å²) in [4.78, 5) is 24.4. The van der Waals surface area contributed by atoms with Crippen LogP contribution in [0.15, 0.2) is 24.3 Å². The summed E-state index contributed by atoms with van der Waals surface area (Å²) >= 11 is 0. The zero-order valence-corrected chi connectivity index (χ0v) is 16.0. The number of carbonyl (C=O) groups is 2. The van der Waals surface area contributed by atoms with Gasteiger partial charge in [0.15, 0.2) is 0 Å². The van der Waals surface area contributed by atoms with Crippen LogP contribution >= 0.6 is 12.4 Å². The van der Waals surface area contributed by atoms with Crippen LogP contribution in [-0.2, 0) is 16.1 Å². The summed E-state index contributed by atoms with van der Waals surface area (Å²) in [7, 11) is 0. The Labute approximate surface area is 156 Å². The van der Waals surface area contributed by atoms with Crippen LogP contribution in [0.1, 0.15) is 57.9 Å². The Hall–Kier alpha value is -1.59. The normalized spacial score (nSPS) is 17.1. The summed E-state index contributed by atoms with van der Waals surface area (Å²) in [6.45, 7) is 4.32. The molecule has 0 spiro atoms. The molecule has 1 unspecified atom stereocenters. The molecule has 1 aromatic rings. The molecular formula is C19H30ClN3O2. The van der Waals surface area contributed by atoms with E-state index in [1.165, 1.54) is 0 Å². The summed E-state index contributed by atoms with van der Waals surface area (Å²) in [5, 5.41) is 5.86. The van der Waals surface area contributed by atoms with Crippen LogP contribution in [0.3, 0.4) is 0 Å². The molecular weight excluding hydrogens is 338 g/mol. The van der Waals surface area contributed by atoms with Crippen LogP contribution in [0.2, 0.25) is 0 Å². The lowest BCUT2D eigenvalue weighted by Gasteiger charge is -2.31. The molecule has 1 atom stereocenters. The molecule has 1 fully saturated rings.